The minimum absolute atomic E-state index is 0.108. The molecule has 422 valence electrons. The molecule has 0 saturated carbocycles. The average Bonchev–Trinajstić information content (AvgIpc) is 0.894. The van der Waals surface area contributed by atoms with Crippen LogP contribution in [0.2, 0.25) is 0 Å². The third-order valence-corrected chi connectivity index (χ3v) is 20.1. The van der Waals surface area contributed by atoms with Crippen LogP contribution in [0.3, 0.4) is 0 Å². The molecule has 0 spiro atoms. The highest BCUT2D eigenvalue weighted by Gasteiger charge is 2.44. The number of hydrogen-bond acceptors (Lipinski definition) is 4. The van der Waals surface area contributed by atoms with Crippen molar-refractivity contribution in [2.45, 2.75) is 36.0 Å². The van der Waals surface area contributed by atoms with E-state index in [4.69, 9.17) is 4.42 Å². The third kappa shape index (κ3) is 7.91. The summed E-state index contributed by atoms with van der Waals surface area (Å²) in [5.74, 6) is 0. The molecule has 18 rings (SSSR count). The van der Waals surface area contributed by atoms with Gasteiger partial charge in [-0.05, 0) is 129 Å². The van der Waals surface area contributed by atoms with E-state index in [1.165, 1.54) is 32.7 Å². The van der Waals surface area contributed by atoms with Crippen molar-refractivity contribution in [2.75, 3.05) is 4.90 Å². The van der Waals surface area contributed by atoms with Gasteiger partial charge in [-0.2, -0.15) is 5.26 Å². The van der Waals surface area contributed by atoms with Crippen LogP contribution in [0.1, 0.15) is 31.9 Å². The summed E-state index contributed by atoms with van der Waals surface area (Å²) in [6.45, 7) is 6.61. The van der Waals surface area contributed by atoms with Gasteiger partial charge >= 0.3 is 0 Å². The van der Waals surface area contributed by atoms with Crippen LogP contribution in [0.15, 0.2) is 293 Å². The van der Waals surface area contributed by atoms with Crippen molar-refractivity contribution in [3.05, 3.63) is 290 Å². The molecule has 2 aliphatic rings. The maximum absolute atomic E-state index is 10.5. The Labute approximate surface area is 526 Å². The summed E-state index contributed by atoms with van der Waals surface area (Å²) in [6.07, 6.45) is 0. The molecule has 5 nitrogen and oxygen atoms in total. The molecule has 0 unspecified atom stereocenters. The second kappa shape index (κ2) is 20.0. The number of hydrogen-bond donors (Lipinski definition) is 0. The first-order valence-corrected chi connectivity index (χ1v) is 31.7. The molecule has 0 fully saturated rings. The minimum Gasteiger partial charge on any atom is -0.454 e. The number of fused-ring (bicyclic) bond motifs is 14. The molecule has 2 aliphatic heterocycles. The van der Waals surface area contributed by atoms with Crippen molar-refractivity contribution in [1.29, 1.82) is 5.26 Å². The van der Waals surface area contributed by atoms with Crippen LogP contribution in [0.25, 0.3) is 121 Å². The Bertz CT molecular complexity index is 5580. The zero-order valence-electron chi connectivity index (χ0n) is 49.7. The predicted octanol–water partition coefficient (Wildman–Crippen LogP) is 20.4. The summed E-state index contributed by atoms with van der Waals surface area (Å²) in [7, 11) is 0. The summed E-state index contributed by atoms with van der Waals surface area (Å²) in [5, 5.41) is 17.3. The molecule has 0 aliphatic carbocycles. The van der Waals surface area contributed by atoms with E-state index >= 15 is 0 Å². The van der Waals surface area contributed by atoms with Crippen LogP contribution >= 0.6 is 11.8 Å². The van der Waals surface area contributed by atoms with Crippen molar-refractivity contribution in [2.24, 2.45) is 0 Å². The summed E-state index contributed by atoms with van der Waals surface area (Å²) in [5.41, 5.74) is 25.8. The molecule has 0 atom stereocenters. The first kappa shape index (κ1) is 52.1. The smallest absolute Gasteiger partial charge is 0.249 e. The summed E-state index contributed by atoms with van der Waals surface area (Å²) in [4.78, 5) is 4.91. The molecule has 16 aromatic rings. The van der Waals surface area contributed by atoms with Gasteiger partial charge < -0.3 is 18.5 Å². The molecule has 0 bridgehead atoms. The fourth-order valence-electron chi connectivity index (χ4n) is 14.8. The van der Waals surface area contributed by atoms with Crippen LogP contribution in [-0.2, 0) is 5.41 Å². The number of benzene rings is 13. The average molecular weight is 1170 g/mol. The zero-order chi connectivity index (χ0) is 59.9. The summed E-state index contributed by atoms with van der Waals surface area (Å²) >= 11 is 1.83. The maximum Gasteiger partial charge on any atom is 0.249 e. The van der Waals surface area contributed by atoms with Crippen LogP contribution in [-0.4, -0.2) is 15.8 Å². The highest BCUT2D eigenvalue weighted by Crippen LogP contribution is 2.53. The van der Waals surface area contributed by atoms with Crippen LogP contribution in [0.4, 0.5) is 17.1 Å². The second-order valence-electron chi connectivity index (χ2n) is 25.1. The molecule has 90 heavy (non-hydrogen) atoms. The maximum atomic E-state index is 10.5. The zero-order valence-corrected chi connectivity index (χ0v) is 50.6. The van der Waals surface area contributed by atoms with Gasteiger partial charge in [0.25, 0.3) is 0 Å². The Morgan fingerprint density at radius 3 is 1.58 bits per heavy atom. The SMILES string of the molecule is CC(C)(C)c1ccc2c(c1)c1cc(C#N)ccc1n2-c1cc2c3c(c1)N(c1c(-c4ccccc4)cc(-c4ccccc4)cc1-c1ccccc1)c1cc(-n4c5ccccc5c5ccccc54)ccc1B3c1ccc3c(oc4c(-c5ccccc5)cccc43)c1S2. The molecule has 0 N–H and O–H groups in total. The van der Waals surface area contributed by atoms with E-state index in [0.717, 1.165) is 138 Å². The minimum atomic E-state index is -0.209. The Morgan fingerprint density at radius 2 is 0.933 bits per heavy atom. The largest absolute Gasteiger partial charge is 0.454 e. The lowest BCUT2D eigenvalue weighted by molar-refractivity contribution is 0.591. The van der Waals surface area contributed by atoms with Gasteiger partial charge in [0.15, 0.2) is 0 Å². The van der Waals surface area contributed by atoms with Crippen molar-refractivity contribution in [3.63, 3.8) is 0 Å². The molecule has 7 heteroatoms. The van der Waals surface area contributed by atoms with E-state index < -0.39 is 0 Å². The number of rotatable bonds is 7. The first-order chi connectivity index (χ1) is 44.2. The summed E-state index contributed by atoms with van der Waals surface area (Å²) in [6, 6.07) is 105. The van der Waals surface area contributed by atoms with Gasteiger partial charge in [-0.25, -0.2) is 0 Å². The fourth-order valence-corrected chi connectivity index (χ4v) is 16.1. The van der Waals surface area contributed by atoms with Crippen molar-refractivity contribution < 1.29 is 4.42 Å². The lowest BCUT2D eigenvalue weighted by Gasteiger charge is -2.42. The second-order valence-corrected chi connectivity index (χ2v) is 26.1. The van der Waals surface area contributed by atoms with E-state index in [0.29, 0.717) is 5.56 Å². The predicted molar refractivity (Wildman–Crippen MR) is 377 cm³/mol. The van der Waals surface area contributed by atoms with E-state index in [2.05, 4.69) is 314 Å². The highest BCUT2D eigenvalue weighted by atomic mass is 32.2. The van der Waals surface area contributed by atoms with Gasteiger partial charge in [0, 0.05) is 76.7 Å². The van der Waals surface area contributed by atoms with Gasteiger partial charge in [0.2, 0.25) is 6.71 Å². The molecule has 5 heterocycles. The van der Waals surface area contributed by atoms with Crippen molar-refractivity contribution >= 4 is 117 Å². The number of nitrogens with zero attached hydrogens (tertiary/aromatic N) is 4. The highest BCUT2D eigenvalue weighted by molar-refractivity contribution is 8.00. The van der Waals surface area contributed by atoms with E-state index in [9.17, 15) is 5.26 Å². The molecular formula is C83H55BN4OS. The number of anilines is 3. The molecule has 13 aromatic carbocycles. The van der Waals surface area contributed by atoms with E-state index in [-0.39, 0.29) is 12.1 Å². The standard InChI is InChI=1S/C83H55BN4OS/c1-83(2,3)57-36-42-74-68(46-57)67-43-51(50-85)35-41-73(67)87(74)59-48-76-78-77(49-59)90-82-70(40-38-64-63-32-20-31-60(80(63)89-81(64)82)53-23-10-5-11-24-53)84(78)69-39-37-58(86-71-33-18-16-29-61(71)62-30-17-19-34-72(62)86)47-75(69)88(76)79-65(54-25-12-6-13-26-54)44-56(52-21-8-4-9-22-52)45-66(79)55-27-14-7-15-28-55/h4-49H,1-3H3. The van der Waals surface area contributed by atoms with Gasteiger partial charge in [-0.3, -0.25) is 0 Å². The van der Waals surface area contributed by atoms with Crippen molar-refractivity contribution in [1.82, 2.24) is 9.13 Å². The molecule has 3 aromatic heterocycles. The van der Waals surface area contributed by atoms with Gasteiger partial charge in [0.1, 0.15) is 11.2 Å². The van der Waals surface area contributed by atoms with Crippen LogP contribution in [0, 0.1) is 11.3 Å². The lowest BCUT2D eigenvalue weighted by Crippen LogP contribution is -2.60. The topological polar surface area (TPSA) is 50.0 Å². The van der Waals surface area contributed by atoms with E-state index in [1.54, 1.807) is 0 Å². The molecule has 0 amide bonds. The van der Waals surface area contributed by atoms with E-state index in [1.807, 2.05) is 17.8 Å². The monoisotopic (exact) mass is 1170 g/mol. The Balaban J connectivity index is 1.01. The van der Waals surface area contributed by atoms with Crippen LogP contribution in [0.5, 0.6) is 0 Å². The Morgan fingerprint density at radius 1 is 0.400 bits per heavy atom. The fraction of sp³-hybridized carbons (Fsp3) is 0.0482. The van der Waals surface area contributed by atoms with Crippen LogP contribution < -0.4 is 21.3 Å². The quantitative estimate of drug-likeness (QED) is 0.149. The van der Waals surface area contributed by atoms with Gasteiger partial charge in [-0.1, -0.05) is 238 Å². The van der Waals surface area contributed by atoms with Gasteiger partial charge in [0.05, 0.1) is 44.3 Å². The molecule has 0 saturated heterocycles. The summed E-state index contributed by atoms with van der Waals surface area (Å²) < 4.78 is 12.3. The molecule has 0 radical (unpaired) electrons. The number of furan rings is 1. The Hall–Kier alpha value is -11.0. The number of nitriles is 1. The van der Waals surface area contributed by atoms with Gasteiger partial charge in [-0.15, -0.1) is 0 Å². The first-order valence-electron chi connectivity index (χ1n) is 30.9. The molecular weight excluding hydrogens is 1110 g/mol. The lowest BCUT2D eigenvalue weighted by atomic mass is 9.34. The third-order valence-electron chi connectivity index (χ3n) is 18.9. The van der Waals surface area contributed by atoms with Crippen molar-refractivity contribution in [3.8, 4) is 62.0 Å². The number of aromatic nitrogens is 2. The number of para-hydroxylation sites is 3. The Kier molecular flexibility index (Phi) is 11.6. The normalized spacial score (nSPS) is 12.7.